The largest absolute Gasteiger partial charge is 0.448 e. The molecule has 3 nitrogen and oxygen atoms in total. The van der Waals surface area contributed by atoms with Gasteiger partial charge < -0.3 is 9.73 Å². The highest BCUT2D eigenvalue weighted by atomic mass is 79.9. The summed E-state index contributed by atoms with van der Waals surface area (Å²) in [7, 11) is 0. The molecule has 1 N–H and O–H groups in total. The summed E-state index contributed by atoms with van der Waals surface area (Å²) < 4.78 is 44.3. The predicted molar refractivity (Wildman–Crippen MR) is 93.4 cm³/mol. The number of furan rings is 1. The van der Waals surface area contributed by atoms with Crippen molar-refractivity contribution in [1.29, 1.82) is 0 Å². The first-order valence-corrected chi connectivity index (χ1v) is 8.71. The molecule has 0 radical (unpaired) electrons. The van der Waals surface area contributed by atoms with E-state index in [4.69, 9.17) is 4.42 Å². The van der Waals surface area contributed by atoms with Crippen molar-refractivity contribution in [1.82, 2.24) is 5.32 Å². The van der Waals surface area contributed by atoms with Crippen molar-refractivity contribution in [3.63, 3.8) is 0 Å². The van der Waals surface area contributed by atoms with E-state index >= 15 is 0 Å². The van der Waals surface area contributed by atoms with Crippen molar-refractivity contribution >= 4 is 21.8 Å². The standard InChI is InChI=1S/C18H19BrF3NO2/c1-4-13-14(17(24)23-9-10(2)3)15(25-16(13)19)11-5-7-12(8-6-11)18(20,21)22/h5-8,10H,4,9H2,1-3H3,(H,23,24). The highest BCUT2D eigenvalue weighted by molar-refractivity contribution is 9.10. The lowest BCUT2D eigenvalue weighted by molar-refractivity contribution is -0.137. The maximum atomic E-state index is 12.7. The molecule has 1 heterocycles. The van der Waals surface area contributed by atoms with Crippen molar-refractivity contribution in [2.45, 2.75) is 33.4 Å². The second kappa shape index (κ2) is 7.64. The predicted octanol–water partition coefficient (Wildman–Crippen LogP) is 5.68. The van der Waals surface area contributed by atoms with Crippen LogP contribution < -0.4 is 5.32 Å². The zero-order valence-electron chi connectivity index (χ0n) is 14.1. The molecule has 7 heteroatoms. The van der Waals surface area contributed by atoms with Gasteiger partial charge in [-0.1, -0.05) is 32.9 Å². The van der Waals surface area contributed by atoms with Crippen molar-refractivity contribution in [2.24, 2.45) is 5.92 Å². The topological polar surface area (TPSA) is 42.2 Å². The third-order valence-electron chi connectivity index (χ3n) is 3.68. The van der Waals surface area contributed by atoms with Gasteiger partial charge in [0, 0.05) is 17.7 Å². The molecule has 0 fully saturated rings. The van der Waals surface area contributed by atoms with Gasteiger partial charge in [-0.05, 0) is 40.4 Å². The van der Waals surface area contributed by atoms with Gasteiger partial charge in [0.2, 0.25) is 0 Å². The summed E-state index contributed by atoms with van der Waals surface area (Å²) in [6.45, 7) is 6.33. The third-order valence-corrected chi connectivity index (χ3v) is 4.32. The van der Waals surface area contributed by atoms with Gasteiger partial charge in [0.25, 0.3) is 5.91 Å². The van der Waals surface area contributed by atoms with E-state index < -0.39 is 11.7 Å². The monoisotopic (exact) mass is 417 g/mol. The summed E-state index contributed by atoms with van der Waals surface area (Å²) in [6.07, 6.45) is -3.86. The summed E-state index contributed by atoms with van der Waals surface area (Å²) >= 11 is 3.29. The van der Waals surface area contributed by atoms with Gasteiger partial charge in [-0.2, -0.15) is 13.2 Å². The summed E-state index contributed by atoms with van der Waals surface area (Å²) in [5.41, 5.74) is 0.720. The second-order valence-corrected chi connectivity index (χ2v) is 6.81. The number of hydrogen-bond acceptors (Lipinski definition) is 2. The molecule has 1 aromatic carbocycles. The molecule has 0 bridgehead atoms. The second-order valence-electron chi connectivity index (χ2n) is 6.09. The summed E-state index contributed by atoms with van der Waals surface area (Å²) in [4.78, 5) is 12.6. The van der Waals surface area contributed by atoms with Gasteiger partial charge >= 0.3 is 6.18 Å². The quantitative estimate of drug-likeness (QED) is 0.679. The molecular formula is C18H19BrF3NO2. The van der Waals surface area contributed by atoms with Crippen molar-refractivity contribution in [2.75, 3.05) is 6.54 Å². The van der Waals surface area contributed by atoms with Gasteiger partial charge in [0.15, 0.2) is 4.67 Å². The minimum absolute atomic E-state index is 0.263. The smallest absolute Gasteiger partial charge is 0.416 e. The molecule has 25 heavy (non-hydrogen) atoms. The lowest BCUT2D eigenvalue weighted by Crippen LogP contribution is -2.28. The number of hydrogen-bond donors (Lipinski definition) is 1. The number of halogens is 4. The molecule has 0 spiro atoms. The fourth-order valence-electron chi connectivity index (χ4n) is 2.39. The average Bonchev–Trinajstić information content (AvgIpc) is 2.88. The summed E-state index contributed by atoms with van der Waals surface area (Å²) in [5, 5.41) is 2.83. The highest BCUT2D eigenvalue weighted by Crippen LogP contribution is 2.37. The molecular weight excluding hydrogens is 399 g/mol. The number of carbonyl (C=O) groups is 1. The Hall–Kier alpha value is -1.76. The van der Waals surface area contributed by atoms with Crippen LogP contribution in [0.15, 0.2) is 33.4 Å². The number of alkyl halides is 3. The molecule has 1 amide bonds. The van der Waals surface area contributed by atoms with E-state index in [1.807, 2.05) is 20.8 Å². The van der Waals surface area contributed by atoms with E-state index in [0.717, 1.165) is 12.1 Å². The van der Waals surface area contributed by atoms with E-state index in [1.54, 1.807) is 0 Å². The Kier molecular flexibility index (Phi) is 5.98. The van der Waals surface area contributed by atoms with E-state index in [1.165, 1.54) is 12.1 Å². The molecule has 0 unspecified atom stereocenters. The van der Waals surface area contributed by atoms with Crippen molar-refractivity contribution < 1.29 is 22.4 Å². The number of benzene rings is 1. The Labute approximate surface area is 152 Å². The molecule has 2 rings (SSSR count). The van der Waals surface area contributed by atoms with Gasteiger partial charge in [-0.15, -0.1) is 0 Å². The SMILES string of the molecule is CCc1c(Br)oc(-c2ccc(C(F)(F)F)cc2)c1C(=O)NCC(C)C. The molecule has 0 saturated carbocycles. The van der Waals surface area contributed by atoms with Gasteiger partial charge in [-0.3, -0.25) is 4.79 Å². The molecule has 0 saturated heterocycles. The van der Waals surface area contributed by atoms with Crippen LogP contribution in [0.5, 0.6) is 0 Å². The zero-order valence-corrected chi connectivity index (χ0v) is 15.7. The van der Waals surface area contributed by atoms with Crippen molar-refractivity contribution in [3.8, 4) is 11.3 Å². The molecule has 1 aromatic heterocycles. The fourth-order valence-corrected chi connectivity index (χ4v) is 3.03. The van der Waals surface area contributed by atoms with Crippen LogP contribution in [0.4, 0.5) is 13.2 Å². The maximum Gasteiger partial charge on any atom is 0.416 e. The van der Waals surface area contributed by atoms with Crippen LogP contribution in [0.3, 0.4) is 0 Å². The number of nitrogens with one attached hydrogen (secondary N) is 1. The Balaban J connectivity index is 2.45. The van der Waals surface area contributed by atoms with E-state index in [0.29, 0.717) is 34.3 Å². The summed E-state index contributed by atoms with van der Waals surface area (Å²) in [5.74, 6) is 0.243. The lowest BCUT2D eigenvalue weighted by atomic mass is 10.0. The molecule has 0 atom stereocenters. The van der Waals surface area contributed by atoms with E-state index in [-0.39, 0.29) is 17.6 Å². The summed E-state index contributed by atoms with van der Waals surface area (Å²) in [6, 6.07) is 4.58. The normalized spacial score (nSPS) is 11.8. The first-order valence-electron chi connectivity index (χ1n) is 7.92. The zero-order chi connectivity index (χ0) is 18.8. The molecule has 0 aliphatic heterocycles. The first-order chi connectivity index (χ1) is 11.6. The fraction of sp³-hybridized carbons (Fsp3) is 0.389. The molecule has 0 aliphatic carbocycles. The van der Waals surface area contributed by atoms with Crippen LogP contribution in [0, 0.1) is 5.92 Å². The van der Waals surface area contributed by atoms with Crippen LogP contribution in [-0.4, -0.2) is 12.5 Å². The van der Waals surface area contributed by atoms with E-state index in [9.17, 15) is 18.0 Å². The maximum absolute atomic E-state index is 12.7. The van der Waals surface area contributed by atoms with E-state index in [2.05, 4.69) is 21.2 Å². The Morgan fingerprint density at radius 2 is 1.84 bits per heavy atom. The molecule has 0 aliphatic rings. The third kappa shape index (κ3) is 4.45. The Morgan fingerprint density at radius 1 is 1.24 bits per heavy atom. The Morgan fingerprint density at radius 3 is 2.32 bits per heavy atom. The van der Waals surface area contributed by atoms with Crippen LogP contribution in [0.25, 0.3) is 11.3 Å². The minimum atomic E-state index is -4.41. The van der Waals surface area contributed by atoms with Crippen LogP contribution >= 0.6 is 15.9 Å². The minimum Gasteiger partial charge on any atom is -0.448 e. The average molecular weight is 418 g/mol. The number of rotatable bonds is 5. The van der Waals surface area contributed by atoms with Crippen molar-refractivity contribution in [3.05, 3.63) is 45.6 Å². The number of amides is 1. The highest BCUT2D eigenvalue weighted by Gasteiger charge is 2.31. The molecule has 2 aromatic rings. The van der Waals surface area contributed by atoms with Gasteiger partial charge in [0.05, 0.1) is 11.1 Å². The van der Waals surface area contributed by atoms with Gasteiger partial charge in [-0.25, -0.2) is 0 Å². The van der Waals surface area contributed by atoms with Crippen LogP contribution in [0.1, 0.15) is 42.3 Å². The lowest BCUT2D eigenvalue weighted by Gasteiger charge is -2.10. The number of carbonyl (C=O) groups excluding carboxylic acids is 1. The molecule has 136 valence electrons. The van der Waals surface area contributed by atoms with Gasteiger partial charge in [0.1, 0.15) is 5.76 Å². The van der Waals surface area contributed by atoms with Crippen LogP contribution in [-0.2, 0) is 12.6 Å². The Bertz CT molecular complexity index is 749. The first kappa shape index (κ1) is 19.6. The van der Waals surface area contributed by atoms with Crippen LogP contribution in [0.2, 0.25) is 0 Å².